The summed E-state index contributed by atoms with van der Waals surface area (Å²) in [7, 11) is 0. The Hall–Kier alpha value is -0.970. The molecule has 0 atom stereocenters. The molecule has 0 aromatic rings. The second-order valence-corrected chi connectivity index (χ2v) is 4.86. The molecule has 0 aliphatic carbocycles. The highest BCUT2D eigenvalue weighted by Crippen LogP contribution is 2.02. The first kappa shape index (κ1) is 15.0. The Labute approximate surface area is 102 Å². The third-order valence-corrected chi connectivity index (χ3v) is 2.14. The lowest BCUT2D eigenvalue weighted by Gasteiger charge is -2.05. The molecule has 0 saturated carbocycles. The minimum Gasteiger partial charge on any atom is -0.356 e. The Morgan fingerprint density at radius 1 is 1.31 bits per heavy atom. The first-order chi connectivity index (χ1) is 7.52. The number of hydrogen-bond acceptors (Lipinski definition) is 1. The van der Waals surface area contributed by atoms with Gasteiger partial charge in [-0.2, -0.15) is 0 Å². The van der Waals surface area contributed by atoms with Crippen molar-refractivity contribution in [2.75, 3.05) is 6.54 Å². The Morgan fingerprint density at radius 3 is 2.56 bits per heavy atom. The van der Waals surface area contributed by atoms with Crippen LogP contribution in [0.4, 0.5) is 0 Å². The van der Waals surface area contributed by atoms with E-state index in [1.807, 2.05) is 0 Å². The van der Waals surface area contributed by atoms with E-state index < -0.39 is 0 Å². The van der Waals surface area contributed by atoms with E-state index >= 15 is 0 Å². The molecule has 2 nitrogen and oxygen atoms in total. The second kappa shape index (κ2) is 9.27. The first-order valence-electron chi connectivity index (χ1n) is 6.27. The van der Waals surface area contributed by atoms with Gasteiger partial charge in [-0.25, -0.2) is 0 Å². The molecule has 1 amide bonds. The molecule has 0 saturated heterocycles. The fourth-order valence-corrected chi connectivity index (χ4v) is 1.19. The summed E-state index contributed by atoms with van der Waals surface area (Å²) >= 11 is 0. The van der Waals surface area contributed by atoms with E-state index in [-0.39, 0.29) is 7.33 Å². The third kappa shape index (κ3) is 11.1. The van der Waals surface area contributed by atoms with Gasteiger partial charge in [0.25, 0.3) is 0 Å². The summed E-state index contributed by atoms with van der Waals surface area (Å²) in [5.41, 5.74) is 0. The van der Waals surface area contributed by atoms with Gasteiger partial charge >= 0.3 is 0 Å². The number of carbonyl (C=O) groups excluding carboxylic acids is 1. The average molecular weight is 225 g/mol. The van der Waals surface area contributed by atoms with Gasteiger partial charge < -0.3 is 5.32 Å². The van der Waals surface area contributed by atoms with Crippen molar-refractivity contribution in [3.05, 3.63) is 0 Å². The van der Waals surface area contributed by atoms with Gasteiger partial charge in [-0.1, -0.05) is 27.7 Å². The maximum absolute atomic E-state index is 11.3. The van der Waals surface area contributed by atoms with Crippen LogP contribution in [-0.2, 0) is 4.79 Å². The van der Waals surface area contributed by atoms with Crippen LogP contribution in [0.25, 0.3) is 0 Å². The van der Waals surface area contributed by atoms with Crippen molar-refractivity contribution in [2.45, 2.75) is 53.4 Å². The zero-order chi connectivity index (χ0) is 12.4. The molecule has 0 spiro atoms. The standard InChI is InChI=1S/C14H25NO.H2/c1-12(2)8-6-5-7-11-15-14(16)10-9-13(3)4;/h12-13H,5,7,9-11H2,1-4H3,(H,15,16);1H. The highest BCUT2D eigenvalue weighted by atomic mass is 16.1. The zero-order valence-electron chi connectivity index (χ0n) is 11.1. The van der Waals surface area contributed by atoms with Crippen LogP contribution in [0.5, 0.6) is 0 Å². The fraction of sp³-hybridized carbons (Fsp3) is 0.786. The number of nitrogens with one attached hydrogen (secondary N) is 1. The van der Waals surface area contributed by atoms with Crippen LogP contribution in [-0.4, -0.2) is 12.5 Å². The van der Waals surface area contributed by atoms with Crippen molar-refractivity contribution in [1.29, 1.82) is 0 Å². The summed E-state index contributed by atoms with van der Waals surface area (Å²) < 4.78 is 0. The maximum atomic E-state index is 11.3. The van der Waals surface area contributed by atoms with E-state index in [9.17, 15) is 4.79 Å². The van der Waals surface area contributed by atoms with Crippen molar-refractivity contribution in [2.24, 2.45) is 11.8 Å². The second-order valence-electron chi connectivity index (χ2n) is 4.86. The van der Waals surface area contributed by atoms with Gasteiger partial charge in [-0.05, 0) is 18.8 Å². The topological polar surface area (TPSA) is 29.1 Å². The van der Waals surface area contributed by atoms with Gasteiger partial charge in [0.15, 0.2) is 0 Å². The lowest BCUT2D eigenvalue weighted by atomic mass is 10.1. The number of rotatable bonds is 6. The summed E-state index contributed by atoms with van der Waals surface area (Å²) in [6.07, 6.45) is 3.45. The number of amides is 1. The lowest BCUT2D eigenvalue weighted by molar-refractivity contribution is -0.121. The first-order valence-corrected chi connectivity index (χ1v) is 6.27. The molecule has 1 N–H and O–H groups in total. The molecule has 0 fully saturated rings. The number of hydrogen-bond donors (Lipinski definition) is 1. The van der Waals surface area contributed by atoms with E-state index in [4.69, 9.17) is 0 Å². The third-order valence-electron chi connectivity index (χ3n) is 2.14. The Morgan fingerprint density at radius 2 is 2.00 bits per heavy atom. The SMILES string of the molecule is CC(C)C#CCCCNC(=O)CCC(C)C.[HH]. The molecule has 0 aliphatic heterocycles. The minimum atomic E-state index is 0. The molecule has 0 aromatic carbocycles. The van der Waals surface area contributed by atoms with Gasteiger partial charge in [0.2, 0.25) is 5.91 Å². The van der Waals surface area contributed by atoms with Gasteiger partial charge in [-0.3, -0.25) is 4.79 Å². The van der Waals surface area contributed by atoms with E-state index in [2.05, 4.69) is 44.9 Å². The van der Waals surface area contributed by atoms with Crippen LogP contribution < -0.4 is 5.32 Å². The summed E-state index contributed by atoms with van der Waals surface area (Å²) in [5, 5.41) is 2.92. The zero-order valence-corrected chi connectivity index (χ0v) is 11.1. The van der Waals surface area contributed by atoms with Gasteiger partial charge in [0, 0.05) is 26.7 Å². The Bertz CT molecular complexity index is 251. The molecule has 2 heteroatoms. The van der Waals surface area contributed by atoms with Crippen molar-refractivity contribution in [1.82, 2.24) is 5.32 Å². The normalized spacial score (nSPS) is 10.1. The van der Waals surface area contributed by atoms with E-state index in [1.54, 1.807) is 0 Å². The molecule has 0 rings (SSSR count). The van der Waals surface area contributed by atoms with Crippen LogP contribution in [0, 0.1) is 23.7 Å². The molecule has 94 valence electrons. The minimum absolute atomic E-state index is 0. The molecule has 0 unspecified atom stereocenters. The molecule has 0 aromatic heterocycles. The summed E-state index contributed by atoms with van der Waals surface area (Å²) in [6, 6.07) is 0. The van der Waals surface area contributed by atoms with Crippen LogP contribution in [0.3, 0.4) is 0 Å². The largest absolute Gasteiger partial charge is 0.356 e. The van der Waals surface area contributed by atoms with Crippen LogP contribution in [0.2, 0.25) is 0 Å². The van der Waals surface area contributed by atoms with Crippen LogP contribution in [0.15, 0.2) is 0 Å². The summed E-state index contributed by atoms with van der Waals surface area (Å²) in [4.78, 5) is 11.3. The maximum Gasteiger partial charge on any atom is 0.220 e. The van der Waals surface area contributed by atoms with Crippen LogP contribution >= 0.6 is 0 Å². The predicted octanol–water partition coefficient (Wildman–Crippen LogP) is 3.22. The fourth-order valence-electron chi connectivity index (χ4n) is 1.19. The van der Waals surface area contributed by atoms with E-state index in [0.717, 1.165) is 25.8 Å². The quantitative estimate of drug-likeness (QED) is 0.546. The summed E-state index contributed by atoms with van der Waals surface area (Å²) in [6.45, 7) is 9.19. The van der Waals surface area contributed by atoms with Gasteiger partial charge in [0.05, 0.1) is 0 Å². The van der Waals surface area contributed by atoms with Crippen molar-refractivity contribution < 1.29 is 6.22 Å². The van der Waals surface area contributed by atoms with Crippen molar-refractivity contribution >= 4 is 5.91 Å². The molecular formula is C14H27NO. The highest BCUT2D eigenvalue weighted by Gasteiger charge is 2.01. The van der Waals surface area contributed by atoms with Crippen LogP contribution in [0.1, 0.15) is 54.8 Å². The Kier molecular flexibility index (Phi) is 8.71. The predicted molar refractivity (Wildman–Crippen MR) is 71.0 cm³/mol. The smallest absolute Gasteiger partial charge is 0.220 e. The monoisotopic (exact) mass is 225 g/mol. The highest BCUT2D eigenvalue weighted by molar-refractivity contribution is 5.75. The Balaban J connectivity index is 0. The summed E-state index contributed by atoms with van der Waals surface area (Å²) in [5.74, 6) is 7.43. The van der Waals surface area contributed by atoms with E-state index in [0.29, 0.717) is 18.3 Å². The van der Waals surface area contributed by atoms with Crippen molar-refractivity contribution in [3.63, 3.8) is 0 Å². The van der Waals surface area contributed by atoms with Crippen molar-refractivity contribution in [3.8, 4) is 11.8 Å². The molecule has 0 heterocycles. The molecule has 0 aliphatic rings. The van der Waals surface area contributed by atoms with E-state index in [1.165, 1.54) is 0 Å². The number of carbonyl (C=O) groups is 1. The number of unbranched alkanes of at least 4 members (excludes halogenated alkanes) is 1. The molecule has 0 bridgehead atoms. The molecular weight excluding hydrogens is 198 g/mol. The average Bonchev–Trinajstić information content (AvgIpc) is 2.19. The lowest BCUT2D eigenvalue weighted by Crippen LogP contribution is -2.24. The molecule has 0 radical (unpaired) electrons. The van der Waals surface area contributed by atoms with Gasteiger partial charge in [0.1, 0.15) is 0 Å². The van der Waals surface area contributed by atoms with Gasteiger partial charge in [-0.15, -0.1) is 11.8 Å². The molecule has 16 heavy (non-hydrogen) atoms.